The molecular weight excluding hydrogens is 413 g/mol. The van der Waals surface area contributed by atoms with Gasteiger partial charge in [-0.2, -0.15) is 13.2 Å². The average Bonchev–Trinajstić information content (AvgIpc) is 2.89. The fraction of sp³-hybridized carbons (Fsp3) is 0.211. The highest BCUT2D eigenvalue weighted by Crippen LogP contribution is 2.30. The van der Waals surface area contributed by atoms with Crippen LogP contribution in [0.25, 0.3) is 0 Å². The monoisotopic (exact) mass is 426 g/mol. The Kier molecular flexibility index (Phi) is 5.78. The van der Waals surface area contributed by atoms with E-state index in [2.05, 4.69) is 5.32 Å². The van der Waals surface area contributed by atoms with Crippen LogP contribution >= 0.6 is 11.6 Å². The fourth-order valence-electron chi connectivity index (χ4n) is 2.75. The first-order valence-corrected chi connectivity index (χ1v) is 8.77. The number of benzene rings is 2. The number of fused-ring (bicyclic) bond motifs is 1. The molecule has 3 rings (SSSR count). The molecular formula is C19H14ClF3N2O4. The van der Waals surface area contributed by atoms with E-state index in [1.807, 2.05) is 0 Å². The Labute approximate surface area is 168 Å². The topological polar surface area (TPSA) is 75.7 Å². The predicted molar refractivity (Wildman–Crippen MR) is 98.1 cm³/mol. The van der Waals surface area contributed by atoms with Crippen molar-refractivity contribution in [3.05, 3.63) is 58.6 Å². The molecule has 0 aromatic heterocycles. The molecule has 0 bridgehead atoms. The maximum Gasteiger partial charge on any atom is 0.422 e. The molecule has 1 aliphatic rings. The molecule has 1 N–H and O–H groups in total. The van der Waals surface area contributed by atoms with E-state index in [0.29, 0.717) is 0 Å². The van der Waals surface area contributed by atoms with Gasteiger partial charge in [0.2, 0.25) is 5.91 Å². The van der Waals surface area contributed by atoms with Gasteiger partial charge in [-0.1, -0.05) is 23.7 Å². The lowest BCUT2D eigenvalue weighted by molar-refractivity contribution is -0.153. The van der Waals surface area contributed by atoms with Crippen molar-refractivity contribution in [2.24, 2.45) is 0 Å². The third-order valence-corrected chi connectivity index (χ3v) is 4.28. The number of alkyl halides is 3. The average molecular weight is 427 g/mol. The van der Waals surface area contributed by atoms with E-state index in [-0.39, 0.29) is 40.6 Å². The minimum Gasteiger partial charge on any atom is -0.482 e. The van der Waals surface area contributed by atoms with Crippen LogP contribution in [0.5, 0.6) is 5.75 Å². The molecule has 0 fully saturated rings. The first-order valence-electron chi connectivity index (χ1n) is 8.40. The zero-order chi connectivity index (χ0) is 21.2. The highest BCUT2D eigenvalue weighted by molar-refractivity contribution is 6.31. The van der Waals surface area contributed by atoms with Crippen molar-refractivity contribution in [3.8, 4) is 5.75 Å². The summed E-state index contributed by atoms with van der Waals surface area (Å²) in [7, 11) is 0. The molecule has 10 heteroatoms. The lowest BCUT2D eigenvalue weighted by Gasteiger charge is -2.16. The lowest BCUT2D eigenvalue weighted by Crippen LogP contribution is -2.33. The lowest BCUT2D eigenvalue weighted by atomic mass is 10.1. The van der Waals surface area contributed by atoms with Gasteiger partial charge in [0.1, 0.15) is 5.75 Å². The van der Waals surface area contributed by atoms with Crippen molar-refractivity contribution in [2.45, 2.75) is 12.6 Å². The summed E-state index contributed by atoms with van der Waals surface area (Å²) < 4.78 is 41.9. The van der Waals surface area contributed by atoms with E-state index >= 15 is 0 Å². The molecule has 3 amide bonds. The maximum absolute atomic E-state index is 12.4. The van der Waals surface area contributed by atoms with Crippen molar-refractivity contribution in [1.29, 1.82) is 0 Å². The summed E-state index contributed by atoms with van der Waals surface area (Å²) in [5.74, 6) is -1.84. The molecule has 2 aromatic rings. The quantitative estimate of drug-likeness (QED) is 0.711. The standard InChI is InChI=1S/C19H14ClF3N2O4/c20-11-5-6-15(29-10-19(21,22)23)14(9-11)24-16(26)7-8-25-17(27)12-3-1-2-4-13(12)18(25)28/h1-6,9H,7-8,10H2,(H,24,26). The largest absolute Gasteiger partial charge is 0.482 e. The van der Waals surface area contributed by atoms with Crippen LogP contribution in [0, 0.1) is 0 Å². The molecule has 0 spiro atoms. The van der Waals surface area contributed by atoms with E-state index in [1.165, 1.54) is 30.3 Å². The molecule has 0 saturated carbocycles. The first kappa shape index (κ1) is 20.7. The van der Waals surface area contributed by atoms with Crippen LogP contribution in [-0.2, 0) is 4.79 Å². The van der Waals surface area contributed by atoms with Crippen molar-refractivity contribution < 1.29 is 32.3 Å². The number of imide groups is 1. The van der Waals surface area contributed by atoms with Crippen LogP contribution in [0.4, 0.5) is 18.9 Å². The Morgan fingerprint density at radius 3 is 2.28 bits per heavy atom. The zero-order valence-electron chi connectivity index (χ0n) is 14.8. The van der Waals surface area contributed by atoms with E-state index in [1.54, 1.807) is 12.1 Å². The summed E-state index contributed by atoms with van der Waals surface area (Å²) >= 11 is 5.83. The van der Waals surface area contributed by atoms with Gasteiger partial charge in [0.05, 0.1) is 16.8 Å². The summed E-state index contributed by atoms with van der Waals surface area (Å²) in [5.41, 5.74) is 0.472. The van der Waals surface area contributed by atoms with Gasteiger partial charge in [0.25, 0.3) is 11.8 Å². The minimum atomic E-state index is -4.55. The van der Waals surface area contributed by atoms with Crippen molar-refractivity contribution in [3.63, 3.8) is 0 Å². The second kappa shape index (κ2) is 8.12. The zero-order valence-corrected chi connectivity index (χ0v) is 15.5. The second-order valence-electron chi connectivity index (χ2n) is 6.15. The van der Waals surface area contributed by atoms with E-state index in [9.17, 15) is 27.6 Å². The molecule has 0 unspecified atom stereocenters. The van der Waals surface area contributed by atoms with Crippen molar-refractivity contribution >= 4 is 35.0 Å². The van der Waals surface area contributed by atoms with Crippen molar-refractivity contribution in [1.82, 2.24) is 4.90 Å². The fourth-order valence-corrected chi connectivity index (χ4v) is 2.93. The molecule has 29 heavy (non-hydrogen) atoms. The van der Waals surface area contributed by atoms with E-state index < -0.39 is 30.5 Å². The van der Waals surface area contributed by atoms with Crippen LogP contribution < -0.4 is 10.1 Å². The van der Waals surface area contributed by atoms with Crippen LogP contribution in [0.1, 0.15) is 27.1 Å². The second-order valence-corrected chi connectivity index (χ2v) is 6.59. The number of hydrogen-bond acceptors (Lipinski definition) is 4. The van der Waals surface area contributed by atoms with E-state index in [4.69, 9.17) is 16.3 Å². The summed E-state index contributed by atoms with van der Waals surface area (Å²) in [6.07, 6.45) is -4.80. The van der Waals surface area contributed by atoms with Crippen LogP contribution in [0.3, 0.4) is 0 Å². The normalized spacial score (nSPS) is 13.4. The first-order chi connectivity index (χ1) is 13.7. The number of amides is 3. The molecule has 6 nitrogen and oxygen atoms in total. The van der Waals surface area contributed by atoms with Gasteiger partial charge in [-0.25, -0.2) is 0 Å². The van der Waals surface area contributed by atoms with Crippen LogP contribution in [-0.4, -0.2) is 41.9 Å². The Morgan fingerprint density at radius 2 is 1.69 bits per heavy atom. The SMILES string of the molecule is O=C(CCN1C(=O)c2ccccc2C1=O)Nc1cc(Cl)ccc1OCC(F)(F)F. The third-order valence-electron chi connectivity index (χ3n) is 4.05. The molecule has 2 aromatic carbocycles. The summed E-state index contributed by atoms with van der Waals surface area (Å²) in [4.78, 5) is 37.8. The predicted octanol–water partition coefficient (Wildman–Crippen LogP) is 3.91. The molecule has 152 valence electrons. The van der Waals surface area contributed by atoms with Gasteiger partial charge in [-0.3, -0.25) is 19.3 Å². The number of rotatable bonds is 6. The molecule has 0 aliphatic carbocycles. The number of halogens is 4. The molecule has 1 aliphatic heterocycles. The van der Waals surface area contributed by atoms with Gasteiger partial charge in [-0.05, 0) is 30.3 Å². The van der Waals surface area contributed by atoms with Gasteiger partial charge < -0.3 is 10.1 Å². The van der Waals surface area contributed by atoms with Gasteiger partial charge in [-0.15, -0.1) is 0 Å². The molecule has 0 atom stereocenters. The Balaban J connectivity index is 1.64. The molecule has 1 heterocycles. The highest BCUT2D eigenvalue weighted by atomic mass is 35.5. The Hall–Kier alpha value is -3.07. The number of hydrogen-bond donors (Lipinski definition) is 1. The van der Waals surface area contributed by atoms with Crippen LogP contribution in [0.2, 0.25) is 5.02 Å². The maximum atomic E-state index is 12.4. The molecule has 0 saturated heterocycles. The number of carbonyl (C=O) groups excluding carboxylic acids is 3. The Bertz CT molecular complexity index is 943. The smallest absolute Gasteiger partial charge is 0.422 e. The number of carbonyl (C=O) groups is 3. The highest BCUT2D eigenvalue weighted by Gasteiger charge is 2.35. The minimum absolute atomic E-state index is 0.0471. The van der Waals surface area contributed by atoms with Gasteiger partial charge in [0, 0.05) is 18.0 Å². The van der Waals surface area contributed by atoms with Crippen molar-refractivity contribution in [2.75, 3.05) is 18.5 Å². The summed E-state index contributed by atoms with van der Waals surface area (Å²) in [6.45, 7) is -1.72. The van der Waals surface area contributed by atoms with Gasteiger partial charge >= 0.3 is 6.18 Å². The number of nitrogens with one attached hydrogen (secondary N) is 1. The van der Waals surface area contributed by atoms with E-state index in [0.717, 1.165) is 4.90 Å². The third kappa shape index (κ3) is 4.86. The molecule has 0 radical (unpaired) electrons. The Morgan fingerprint density at radius 1 is 1.07 bits per heavy atom. The number of ether oxygens (including phenoxy) is 1. The number of anilines is 1. The number of nitrogens with zero attached hydrogens (tertiary/aromatic N) is 1. The van der Waals surface area contributed by atoms with Gasteiger partial charge in [0.15, 0.2) is 6.61 Å². The summed E-state index contributed by atoms with van der Waals surface area (Å²) in [5, 5.41) is 2.58. The summed E-state index contributed by atoms with van der Waals surface area (Å²) in [6, 6.07) is 10.1. The van der Waals surface area contributed by atoms with Crippen LogP contribution in [0.15, 0.2) is 42.5 Å².